The quantitative estimate of drug-likeness (QED) is 0.548. The van der Waals surface area contributed by atoms with E-state index in [9.17, 15) is 0 Å². The van der Waals surface area contributed by atoms with Crippen LogP contribution in [-0.4, -0.2) is 0 Å². The second-order valence-corrected chi connectivity index (χ2v) is 1.77. The zero-order valence-electron chi connectivity index (χ0n) is 5.81. The van der Waals surface area contributed by atoms with E-state index in [4.69, 9.17) is 0 Å². The van der Waals surface area contributed by atoms with Crippen LogP contribution in [0.2, 0.25) is 0 Å². The van der Waals surface area contributed by atoms with Crippen molar-refractivity contribution < 1.29 is 39.6 Å². The maximum Gasteiger partial charge on any atom is 0 e. The Balaban J connectivity index is -0.000000180. The van der Waals surface area contributed by atoms with Gasteiger partial charge in [0.05, 0.1) is 0 Å². The average molecular weight is 333 g/mol. The molecule has 0 aliphatic heterocycles. The first kappa shape index (κ1) is 16.7. The van der Waals surface area contributed by atoms with Crippen molar-refractivity contribution >= 4 is 0 Å². The summed E-state index contributed by atoms with van der Waals surface area (Å²) in [6.45, 7) is 7.47. The van der Waals surface area contributed by atoms with Gasteiger partial charge in [-0.25, -0.2) is 0 Å². The van der Waals surface area contributed by atoms with Crippen LogP contribution in [0.4, 0.5) is 0 Å². The minimum atomic E-state index is 0. The summed E-state index contributed by atoms with van der Waals surface area (Å²) in [4.78, 5) is 0. The summed E-state index contributed by atoms with van der Waals surface area (Å²) < 4.78 is 0. The van der Waals surface area contributed by atoms with E-state index in [2.05, 4.69) is 13.8 Å². The van der Waals surface area contributed by atoms with Crippen LogP contribution in [0.15, 0.2) is 0 Å². The van der Waals surface area contributed by atoms with E-state index in [0.29, 0.717) is 0 Å². The van der Waals surface area contributed by atoms with Gasteiger partial charge in [-0.05, 0) is 0 Å². The third-order valence-electron chi connectivity index (χ3n) is 1.000. The van der Waals surface area contributed by atoms with Gasteiger partial charge >= 0.3 is 0 Å². The standard InChI is InChI=1S/C7H14.V.W/c1-3-5-7-6-4-2;;/h1-7H2;;/q-2;;. The molecule has 0 fully saturated rings. The van der Waals surface area contributed by atoms with Gasteiger partial charge in [0, 0.05) is 39.6 Å². The van der Waals surface area contributed by atoms with Gasteiger partial charge in [0.25, 0.3) is 0 Å². The van der Waals surface area contributed by atoms with Crippen LogP contribution in [0, 0.1) is 13.8 Å². The van der Waals surface area contributed by atoms with Gasteiger partial charge in [-0.3, -0.25) is 0 Å². The van der Waals surface area contributed by atoms with Crippen molar-refractivity contribution in [2.24, 2.45) is 0 Å². The Hall–Kier alpha value is 1.27. The van der Waals surface area contributed by atoms with Gasteiger partial charge in [-0.2, -0.15) is 12.8 Å². The fourth-order valence-electron chi connectivity index (χ4n) is 0.530. The molecule has 0 aliphatic rings. The molecule has 0 saturated carbocycles. The first-order chi connectivity index (χ1) is 3.41. The van der Waals surface area contributed by atoms with Gasteiger partial charge in [0.15, 0.2) is 0 Å². The Bertz CT molecular complexity index is 28.1. The smallest absolute Gasteiger partial charge is 0 e. The van der Waals surface area contributed by atoms with E-state index in [1.54, 1.807) is 0 Å². The van der Waals surface area contributed by atoms with E-state index < -0.39 is 0 Å². The van der Waals surface area contributed by atoms with E-state index in [1.807, 2.05) is 0 Å². The third kappa shape index (κ3) is 17.6. The van der Waals surface area contributed by atoms with Crippen molar-refractivity contribution in [2.45, 2.75) is 32.1 Å². The Morgan fingerprint density at radius 3 is 1.33 bits per heavy atom. The number of rotatable bonds is 4. The molecule has 9 heavy (non-hydrogen) atoms. The normalized spacial score (nSPS) is 7.33. The Labute approximate surface area is 85.3 Å². The van der Waals surface area contributed by atoms with Gasteiger partial charge in [-0.15, -0.1) is 0 Å². The van der Waals surface area contributed by atoms with Crippen LogP contribution in [0.25, 0.3) is 0 Å². The third-order valence-corrected chi connectivity index (χ3v) is 1.000. The Morgan fingerprint density at radius 1 is 0.778 bits per heavy atom. The molecule has 0 aromatic heterocycles. The number of unbranched alkanes of at least 4 members (excludes halogenated alkanes) is 4. The first-order valence-electron chi connectivity index (χ1n) is 3.00. The van der Waals surface area contributed by atoms with Crippen molar-refractivity contribution in [3.8, 4) is 0 Å². The van der Waals surface area contributed by atoms with E-state index >= 15 is 0 Å². The van der Waals surface area contributed by atoms with Crippen LogP contribution < -0.4 is 0 Å². The number of hydrogen-bond donors (Lipinski definition) is 0. The molecule has 2 heteroatoms. The molecule has 0 N–H and O–H groups in total. The molecule has 0 rings (SSSR count). The molecular formula is C7H14VW-2. The summed E-state index contributed by atoms with van der Waals surface area (Å²) in [5.74, 6) is 0. The van der Waals surface area contributed by atoms with Gasteiger partial charge in [0.1, 0.15) is 0 Å². The molecule has 0 bridgehead atoms. The predicted octanol–water partition coefficient (Wildman–Crippen LogP) is 2.60. The molecule has 0 nitrogen and oxygen atoms in total. The fraction of sp³-hybridized carbons (Fsp3) is 0.714. The summed E-state index contributed by atoms with van der Waals surface area (Å²) in [6.07, 6.45) is 6.03. The molecule has 0 aromatic rings. The molecule has 0 amide bonds. The molecule has 0 aliphatic carbocycles. The molecule has 0 heterocycles. The van der Waals surface area contributed by atoms with Crippen molar-refractivity contribution in [2.75, 3.05) is 0 Å². The average Bonchev–Trinajstić information content (AvgIpc) is 1.69. The van der Waals surface area contributed by atoms with Crippen LogP contribution in [0.1, 0.15) is 32.1 Å². The molecule has 0 spiro atoms. The minimum Gasteiger partial charge on any atom is -0.343 e. The Morgan fingerprint density at radius 2 is 1.11 bits per heavy atom. The van der Waals surface area contributed by atoms with Crippen LogP contribution >= 0.6 is 0 Å². The van der Waals surface area contributed by atoms with E-state index in [0.717, 1.165) is 12.8 Å². The van der Waals surface area contributed by atoms with E-state index in [-0.39, 0.29) is 39.6 Å². The van der Waals surface area contributed by atoms with Crippen molar-refractivity contribution in [1.29, 1.82) is 0 Å². The maximum atomic E-state index is 3.74. The number of hydrogen-bond acceptors (Lipinski definition) is 0. The molecule has 0 atom stereocenters. The zero-order chi connectivity index (χ0) is 5.54. The zero-order valence-corrected chi connectivity index (χ0v) is 10.1. The SMILES string of the molecule is [CH2-]CCCCC[CH2-].[V].[W]. The van der Waals surface area contributed by atoms with Crippen LogP contribution in [0.3, 0.4) is 0 Å². The van der Waals surface area contributed by atoms with Crippen molar-refractivity contribution in [3.63, 3.8) is 0 Å². The Kier molecular flexibility index (Phi) is 29.9. The van der Waals surface area contributed by atoms with Gasteiger partial charge in [0.2, 0.25) is 0 Å². The predicted molar refractivity (Wildman–Crippen MR) is 33.8 cm³/mol. The molecule has 0 unspecified atom stereocenters. The second-order valence-electron chi connectivity index (χ2n) is 1.77. The molecular weight excluding hydrogens is 319 g/mol. The molecule has 0 saturated heterocycles. The molecule has 55 valence electrons. The van der Waals surface area contributed by atoms with Gasteiger partial charge < -0.3 is 13.8 Å². The first-order valence-corrected chi connectivity index (χ1v) is 3.00. The topological polar surface area (TPSA) is 0 Å². The van der Waals surface area contributed by atoms with Crippen LogP contribution in [-0.2, 0) is 39.6 Å². The summed E-state index contributed by atoms with van der Waals surface area (Å²) in [6, 6.07) is 0. The minimum absolute atomic E-state index is 0. The summed E-state index contributed by atoms with van der Waals surface area (Å²) in [7, 11) is 0. The van der Waals surface area contributed by atoms with Crippen molar-refractivity contribution in [3.05, 3.63) is 13.8 Å². The largest absolute Gasteiger partial charge is 0.343 e. The fourth-order valence-corrected chi connectivity index (χ4v) is 0.530. The van der Waals surface area contributed by atoms with Crippen LogP contribution in [0.5, 0.6) is 0 Å². The molecule has 0 aromatic carbocycles. The summed E-state index contributed by atoms with van der Waals surface area (Å²) in [5, 5.41) is 0. The summed E-state index contributed by atoms with van der Waals surface area (Å²) >= 11 is 0. The summed E-state index contributed by atoms with van der Waals surface area (Å²) in [5.41, 5.74) is 0. The monoisotopic (exact) mass is 333 g/mol. The van der Waals surface area contributed by atoms with Crippen molar-refractivity contribution in [1.82, 2.24) is 0 Å². The van der Waals surface area contributed by atoms with Gasteiger partial charge in [-0.1, -0.05) is 19.3 Å². The molecule has 1 radical (unpaired) electrons. The maximum absolute atomic E-state index is 3.74. The second kappa shape index (κ2) is 16.1. The van der Waals surface area contributed by atoms with E-state index in [1.165, 1.54) is 19.3 Å².